The van der Waals surface area contributed by atoms with Crippen molar-refractivity contribution in [1.82, 2.24) is 14.8 Å². The van der Waals surface area contributed by atoms with Gasteiger partial charge in [-0.25, -0.2) is 0 Å². The van der Waals surface area contributed by atoms with E-state index in [0.29, 0.717) is 25.6 Å². The fourth-order valence-corrected chi connectivity index (χ4v) is 3.74. The van der Waals surface area contributed by atoms with Crippen molar-refractivity contribution in [2.45, 2.75) is 12.8 Å². The maximum absolute atomic E-state index is 12.6. The average molecular weight is 385 g/mol. The van der Waals surface area contributed by atoms with Crippen LogP contribution in [0.1, 0.15) is 28.1 Å². The summed E-state index contributed by atoms with van der Waals surface area (Å²) in [6.07, 6.45) is 6.62. The van der Waals surface area contributed by atoms with Gasteiger partial charge in [-0.2, -0.15) is 0 Å². The molecule has 1 fully saturated rings. The van der Waals surface area contributed by atoms with Crippen LogP contribution in [0.25, 0.3) is 6.08 Å². The molecular formula is C20H23N3O3S. The van der Waals surface area contributed by atoms with E-state index in [0.717, 1.165) is 17.7 Å². The Hall–Kier alpha value is -2.67. The Bertz CT molecular complexity index is 878. The predicted molar refractivity (Wildman–Crippen MR) is 107 cm³/mol. The molecule has 2 aromatic rings. The molecule has 0 atom stereocenters. The number of aromatic nitrogens is 1. The molecule has 3 heterocycles. The van der Waals surface area contributed by atoms with Crippen LogP contribution < -0.4 is 10.9 Å². The smallest absolute Gasteiger partial charge is 0.263 e. The van der Waals surface area contributed by atoms with Gasteiger partial charge in [0.05, 0.1) is 0 Å². The highest BCUT2D eigenvalue weighted by atomic mass is 32.1. The second-order valence-electron chi connectivity index (χ2n) is 6.67. The van der Waals surface area contributed by atoms with Gasteiger partial charge in [-0.05, 0) is 48.4 Å². The number of thiophene rings is 1. The summed E-state index contributed by atoms with van der Waals surface area (Å²) in [6.45, 7) is 1.80. The number of carbonyl (C=O) groups excluding carboxylic acids is 2. The second kappa shape index (κ2) is 8.81. The van der Waals surface area contributed by atoms with Crippen molar-refractivity contribution in [2.24, 2.45) is 13.0 Å². The second-order valence-corrected chi connectivity index (χ2v) is 7.65. The van der Waals surface area contributed by atoms with Crippen LogP contribution >= 0.6 is 11.3 Å². The van der Waals surface area contributed by atoms with Gasteiger partial charge in [-0.15, -0.1) is 11.3 Å². The zero-order chi connectivity index (χ0) is 19.2. The molecule has 0 aliphatic carbocycles. The number of nitrogens with one attached hydrogen (secondary N) is 1. The summed E-state index contributed by atoms with van der Waals surface area (Å²) >= 11 is 1.59. The summed E-state index contributed by atoms with van der Waals surface area (Å²) in [5, 5.41) is 4.90. The summed E-state index contributed by atoms with van der Waals surface area (Å²) in [6, 6.07) is 7.20. The lowest BCUT2D eigenvalue weighted by Crippen LogP contribution is -2.43. The third-order valence-electron chi connectivity index (χ3n) is 4.76. The van der Waals surface area contributed by atoms with Crippen LogP contribution in [-0.2, 0) is 11.8 Å². The van der Waals surface area contributed by atoms with Crippen LogP contribution in [0.15, 0.2) is 46.7 Å². The minimum Gasteiger partial charge on any atom is -0.352 e. The van der Waals surface area contributed by atoms with Crippen LogP contribution in [0, 0.1) is 5.92 Å². The fraction of sp³-hybridized carbons (Fsp3) is 0.350. The Labute approximate surface area is 162 Å². The number of hydrogen-bond donors (Lipinski definition) is 1. The molecule has 1 N–H and O–H groups in total. The molecule has 142 valence electrons. The molecule has 1 aliphatic heterocycles. The first-order valence-electron chi connectivity index (χ1n) is 8.99. The van der Waals surface area contributed by atoms with Gasteiger partial charge < -0.3 is 14.8 Å². The molecule has 0 saturated carbocycles. The van der Waals surface area contributed by atoms with Gasteiger partial charge >= 0.3 is 0 Å². The lowest BCUT2D eigenvalue weighted by molar-refractivity contribution is -0.116. The minimum absolute atomic E-state index is 0.102. The molecular weight excluding hydrogens is 362 g/mol. The first-order chi connectivity index (χ1) is 13.0. The Morgan fingerprint density at radius 1 is 1.26 bits per heavy atom. The molecule has 0 radical (unpaired) electrons. The zero-order valence-electron chi connectivity index (χ0n) is 15.3. The maximum atomic E-state index is 12.6. The number of aryl methyl sites for hydroxylation is 1. The number of piperidine rings is 1. The van der Waals surface area contributed by atoms with Gasteiger partial charge in [-0.1, -0.05) is 6.07 Å². The number of nitrogens with zero attached hydrogens (tertiary/aromatic N) is 2. The van der Waals surface area contributed by atoms with E-state index in [4.69, 9.17) is 0 Å². The molecule has 6 nitrogen and oxygen atoms in total. The van der Waals surface area contributed by atoms with E-state index in [2.05, 4.69) is 5.32 Å². The summed E-state index contributed by atoms with van der Waals surface area (Å²) < 4.78 is 1.42. The maximum Gasteiger partial charge on any atom is 0.263 e. The summed E-state index contributed by atoms with van der Waals surface area (Å²) in [5.41, 5.74) is -0.0557. The number of carbonyl (C=O) groups is 2. The number of rotatable bonds is 5. The number of pyridine rings is 1. The van der Waals surface area contributed by atoms with E-state index in [1.165, 1.54) is 4.57 Å². The summed E-state index contributed by atoms with van der Waals surface area (Å²) in [5.74, 6) is 0.0269. The first-order valence-corrected chi connectivity index (χ1v) is 9.87. The monoisotopic (exact) mass is 385 g/mol. The van der Waals surface area contributed by atoms with Crippen LogP contribution in [0.3, 0.4) is 0 Å². The molecule has 27 heavy (non-hydrogen) atoms. The van der Waals surface area contributed by atoms with E-state index < -0.39 is 0 Å². The molecule has 7 heteroatoms. The Balaban J connectivity index is 1.46. The Kier molecular flexibility index (Phi) is 6.24. The van der Waals surface area contributed by atoms with Gasteiger partial charge in [-0.3, -0.25) is 14.4 Å². The number of amides is 2. The van der Waals surface area contributed by atoms with E-state index in [-0.39, 0.29) is 22.9 Å². The number of hydrogen-bond acceptors (Lipinski definition) is 4. The first kappa shape index (κ1) is 19.1. The molecule has 0 aromatic carbocycles. The summed E-state index contributed by atoms with van der Waals surface area (Å²) in [4.78, 5) is 39.4. The standard InChI is InChI=1S/C20H23N3O3S/c1-22-10-2-5-17(19(22)25)20(26)23-11-8-15(9-12-23)14-21-18(24)7-6-16-4-3-13-27-16/h2-7,10,13,15H,8-9,11-12,14H2,1H3,(H,21,24). The molecule has 1 aliphatic rings. The highest BCUT2D eigenvalue weighted by Gasteiger charge is 2.25. The lowest BCUT2D eigenvalue weighted by Gasteiger charge is -2.32. The van der Waals surface area contributed by atoms with Crippen LogP contribution in [-0.4, -0.2) is 40.9 Å². The lowest BCUT2D eigenvalue weighted by atomic mass is 9.96. The molecule has 0 bridgehead atoms. The molecule has 3 rings (SSSR count). The van der Waals surface area contributed by atoms with E-state index in [9.17, 15) is 14.4 Å². The minimum atomic E-state index is -0.269. The zero-order valence-corrected chi connectivity index (χ0v) is 16.1. The third-order valence-corrected chi connectivity index (χ3v) is 5.60. The van der Waals surface area contributed by atoms with Crippen molar-refractivity contribution >= 4 is 29.2 Å². The number of likely N-dealkylation sites (tertiary alicyclic amines) is 1. The Morgan fingerprint density at radius 2 is 2.04 bits per heavy atom. The van der Waals surface area contributed by atoms with Crippen molar-refractivity contribution in [1.29, 1.82) is 0 Å². The average Bonchev–Trinajstić information content (AvgIpc) is 3.20. The Morgan fingerprint density at radius 3 is 2.74 bits per heavy atom. The molecule has 2 amide bonds. The van der Waals surface area contributed by atoms with Gasteiger partial charge in [0.1, 0.15) is 5.56 Å². The highest BCUT2D eigenvalue weighted by molar-refractivity contribution is 7.10. The van der Waals surface area contributed by atoms with E-state index in [1.807, 2.05) is 23.6 Å². The molecule has 0 spiro atoms. The van der Waals surface area contributed by atoms with E-state index in [1.54, 1.807) is 47.7 Å². The molecule has 1 saturated heterocycles. The normalized spacial score (nSPS) is 15.2. The van der Waals surface area contributed by atoms with Gasteiger partial charge in [0.15, 0.2) is 0 Å². The van der Waals surface area contributed by atoms with Gasteiger partial charge in [0.2, 0.25) is 5.91 Å². The quantitative estimate of drug-likeness (QED) is 0.802. The largest absolute Gasteiger partial charge is 0.352 e. The van der Waals surface area contributed by atoms with Gasteiger partial charge in [0.25, 0.3) is 11.5 Å². The van der Waals surface area contributed by atoms with Crippen LogP contribution in [0.5, 0.6) is 0 Å². The predicted octanol–water partition coefficient (Wildman–Crippen LogP) is 2.13. The van der Waals surface area contributed by atoms with Crippen molar-refractivity contribution in [3.05, 3.63) is 62.7 Å². The van der Waals surface area contributed by atoms with Crippen molar-refractivity contribution < 1.29 is 9.59 Å². The van der Waals surface area contributed by atoms with Crippen molar-refractivity contribution in [3.63, 3.8) is 0 Å². The topological polar surface area (TPSA) is 71.4 Å². The van der Waals surface area contributed by atoms with Crippen LogP contribution in [0.2, 0.25) is 0 Å². The summed E-state index contributed by atoms with van der Waals surface area (Å²) in [7, 11) is 1.64. The fourth-order valence-electron chi connectivity index (χ4n) is 3.12. The third kappa shape index (κ3) is 4.95. The van der Waals surface area contributed by atoms with Crippen molar-refractivity contribution in [3.8, 4) is 0 Å². The van der Waals surface area contributed by atoms with Gasteiger partial charge in [0, 0.05) is 43.8 Å². The van der Waals surface area contributed by atoms with E-state index >= 15 is 0 Å². The van der Waals surface area contributed by atoms with Crippen LogP contribution in [0.4, 0.5) is 0 Å². The molecule has 2 aromatic heterocycles. The highest BCUT2D eigenvalue weighted by Crippen LogP contribution is 2.18. The van der Waals surface area contributed by atoms with Crippen molar-refractivity contribution in [2.75, 3.05) is 19.6 Å². The SMILES string of the molecule is Cn1cccc(C(=O)N2CCC(CNC(=O)C=Cc3cccs3)CC2)c1=O. The molecule has 0 unspecified atom stereocenters.